The first kappa shape index (κ1) is 22.6. The molecular weight excluding hydrogens is 292 g/mol. The van der Waals surface area contributed by atoms with Gasteiger partial charge in [0.1, 0.15) is 12.2 Å². The van der Waals surface area contributed by atoms with Gasteiger partial charge in [-0.05, 0) is 31.6 Å². The summed E-state index contributed by atoms with van der Waals surface area (Å²) in [4.78, 5) is 0. The van der Waals surface area contributed by atoms with Crippen molar-refractivity contribution in [1.29, 1.82) is 0 Å². The van der Waals surface area contributed by atoms with Crippen molar-refractivity contribution in [2.24, 2.45) is 11.8 Å². The quantitative estimate of drug-likeness (QED) is 0.338. The van der Waals surface area contributed by atoms with Gasteiger partial charge < -0.3 is 20.1 Å². The highest BCUT2D eigenvalue weighted by Crippen LogP contribution is 2.18. The normalized spacial score (nSPS) is 16.6. The first-order chi connectivity index (χ1) is 10.9. The zero-order chi connectivity index (χ0) is 17.7. The molecule has 0 aliphatic heterocycles. The molecule has 0 spiro atoms. The van der Waals surface area contributed by atoms with Gasteiger partial charge in [-0.3, -0.25) is 0 Å². The van der Waals surface area contributed by atoms with Crippen LogP contribution in [0.3, 0.4) is 0 Å². The van der Waals surface area contributed by atoms with E-state index in [9.17, 15) is 10.2 Å². The second kappa shape index (κ2) is 14.0. The van der Waals surface area contributed by atoms with Gasteiger partial charge in [0, 0.05) is 0 Å². The number of aliphatic hydroxyl groups excluding tert-OH is 3. The Kier molecular flexibility index (Phi) is 13.7. The Bertz CT molecular complexity index is 302. The molecular formula is C19H38O4. The van der Waals surface area contributed by atoms with Crippen LogP contribution in [0.1, 0.15) is 66.2 Å². The predicted molar refractivity (Wildman–Crippen MR) is 95.4 cm³/mol. The SMILES string of the molecule is C/C(=C\COC[C@H](O)[C@H](O)CO)CCCC(C)CCCC(C)C. The molecule has 0 saturated carbocycles. The highest BCUT2D eigenvalue weighted by molar-refractivity contribution is 4.97. The fraction of sp³-hybridized carbons (Fsp3) is 0.895. The van der Waals surface area contributed by atoms with Gasteiger partial charge in [0.15, 0.2) is 0 Å². The monoisotopic (exact) mass is 330 g/mol. The van der Waals surface area contributed by atoms with Crippen LogP contribution < -0.4 is 0 Å². The minimum atomic E-state index is -1.13. The standard InChI is InChI=1S/C19H38O4/c1-15(2)7-5-8-16(3)9-6-10-17(4)11-12-23-14-19(22)18(21)13-20/h11,15-16,18-22H,5-10,12-14H2,1-4H3/b17-11+/t16?,18-,19+/m1/s1. The smallest absolute Gasteiger partial charge is 0.105 e. The first-order valence-corrected chi connectivity index (χ1v) is 9.07. The van der Waals surface area contributed by atoms with E-state index in [-0.39, 0.29) is 6.61 Å². The molecule has 0 aliphatic rings. The van der Waals surface area contributed by atoms with Gasteiger partial charge in [-0.1, -0.05) is 58.1 Å². The van der Waals surface area contributed by atoms with Crippen LogP contribution in [0.5, 0.6) is 0 Å². The lowest BCUT2D eigenvalue weighted by molar-refractivity contribution is -0.0527. The summed E-state index contributed by atoms with van der Waals surface area (Å²) in [6.45, 7) is 9.04. The lowest BCUT2D eigenvalue weighted by atomic mass is 9.94. The minimum absolute atomic E-state index is 0.0401. The van der Waals surface area contributed by atoms with Crippen LogP contribution in [0.25, 0.3) is 0 Å². The number of allylic oxidation sites excluding steroid dienone is 1. The van der Waals surface area contributed by atoms with Crippen molar-refractivity contribution in [3.63, 3.8) is 0 Å². The number of rotatable bonds is 14. The molecule has 4 heteroatoms. The fourth-order valence-corrected chi connectivity index (χ4v) is 2.47. The Morgan fingerprint density at radius 3 is 2.26 bits per heavy atom. The molecule has 138 valence electrons. The third-order valence-corrected chi connectivity index (χ3v) is 4.22. The van der Waals surface area contributed by atoms with E-state index in [1.54, 1.807) is 0 Å². The maximum atomic E-state index is 9.43. The van der Waals surface area contributed by atoms with E-state index in [1.807, 2.05) is 6.08 Å². The van der Waals surface area contributed by atoms with Gasteiger partial charge in [-0.2, -0.15) is 0 Å². The summed E-state index contributed by atoms with van der Waals surface area (Å²) in [6.07, 6.45) is 7.43. The molecule has 4 nitrogen and oxygen atoms in total. The van der Waals surface area contributed by atoms with Gasteiger partial charge in [0.2, 0.25) is 0 Å². The van der Waals surface area contributed by atoms with Crippen LogP contribution in [0, 0.1) is 11.8 Å². The largest absolute Gasteiger partial charge is 0.394 e. The van der Waals surface area contributed by atoms with Crippen molar-refractivity contribution >= 4 is 0 Å². The summed E-state index contributed by atoms with van der Waals surface area (Å²) in [5, 5.41) is 27.3. The molecule has 0 fully saturated rings. The fourth-order valence-electron chi connectivity index (χ4n) is 2.47. The highest BCUT2D eigenvalue weighted by atomic mass is 16.5. The second-order valence-corrected chi connectivity index (χ2v) is 7.23. The summed E-state index contributed by atoms with van der Waals surface area (Å²) in [5.74, 6) is 1.61. The Morgan fingerprint density at radius 1 is 1.00 bits per heavy atom. The molecule has 0 radical (unpaired) electrons. The molecule has 3 atom stereocenters. The average molecular weight is 331 g/mol. The molecule has 0 heterocycles. The Balaban J connectivity index is 3.66. The van der Waals surface area contributed by atoms with Crippen LogP contribution in [0.4, 0.5) is 0 Å². The Hall–Kier alpha value is -0.420. The third kappa shape index (κ3) is 13.7. The maximum absolute atomic E-state index is 9.43. The Labute approximate surface area is 142 Å². The number of hydrogen-bond acceptors (Lipinski definition) is 4. The Morgan fingerprint density at radius 2 is 1.65 bits per heavy atom. The molecule has 0 saturated heterocycles. The summed E-state index contributed by atoms with van der Waals surface area (Å²) in [6, 6.07) is 0. The van der Waals surface area contributed by atoms with Crippen molar-refractivity contribution in [1.82, 2.24) is 0 Å². The molecule has 1 unspecified atom stereocenters. The summed E-state index contributed by atoms with van der Waals surface area (Å²) in [5.41, 5.74) is 1.30. The molecule has 3 N–H and O–H groups in total. The molecule has 0 aromatic rings. The zero-order valence-electron chi connectivity index (χ0n) is 15.5. The number of aliphatic hydroxyl groups is 3. The van der Waals surface area contributed by atoms with Crippen molar-refractivity contribution in [2.75, 3.05) is 19.8 Å². The van der Waals surface area contributed by atoms with Crippen molar-refractivity contribution < 1.29 is 20.1 Å². The summed E-state index contributed by atoms with van der Waals surface area (Å²) in [7, 11) is 0. The van der Waals surface area contributed by atoms with Gasteiger partial charge in [0.25, 0.3) is 0 Å². The number of ether oxygens (including phenoxy) is 1. The third-order valence-electron chi connectivity index (χ3n) is 4.22. The van der Waals surface area contributed by atoms with Crippen LogP contribution in [0.15, 0.2) is 11.6 Å². The molecule has 0 aliphatic carbocycles. The minimum Gasteiger partial charge on any atom is -0.394 e. The highest BCUT2D eigenvalue weighted by Gasteiger charge is 2.14. The molecule has 23 heavy (non-hydrogen) atoms. The second-order valence-electron chi connectivity index (χ2n) is 7.23. The lowest BCUT2D eigenvalue weighted by Gasteiger charge is -2.15. The van der Waals surface area contributed by atoms with E-state index in [0.717, 1.165) is 18.3 Å². The van der Waals surface area contributed by atoms with E-state index < -0.39 is 18.8 Å². The van der Waals surface area contributed by atoms with E-state index in [4.69, 9.17) is 9.84 Å². The van der Waals surface area contributed by atoms with E-state index in [1.165, 1.54) is 37.7 Å². The molecule has 0 amide bonds. The van der Waals surface area contributed by atoms with Crippen LogP contribution in [0.2, 0.25) is 0 Å². The molecule has 0 aromatic carbocycles. The van der Waals surface area contributed by atoms with Gasteiger partial charge >= 0.3 is 0 Å². The van der Waals surface area contributed by atoms with Crippen molar-refractivity contribution in [2.45, 2.75) is 78.4 Å². The van der Waals surface area contributed by atoms with Crippen LogP contribution in [-0.2, 0) is 4.74 Å². The van der Waals surface area contributed by atoms with E-state index >= 15 is 0 Å². The summed E-state index contributed by atoms with van der Waals surface area (Å²) >= 11 is 0. The van der Waals surface area contributed by atoms with E-state index in [0.29, 0.717) is 6.61 Å². The molecule has 0 bridgehead atoms. The first-order valence-electron chi connectivity index (χ1n) is 9.07. The van der Waals surface area contributed by atoms with Crippen LogP contribution in [-0.4, -0.2) is 47.3 Å². The van der Waals surface area contributed by atoms with Crippen molar-refractivity contribution in [3.05, 3.63) is 11.6 Å². The van der Waals surface area contributed by atoms with Crippen LogP contribution >= 0.6 is 0 Å². The molecule has 0 aromatic heterocycles. The lowest BCUT2D eigenvalue weighted by Crippen LogP contribution is -2.33. The van der Waals surface area contributed by atoms with Gasteiger partial charge in [-0.15, -0.1) is 0 Å². The maximum Gasteiger partial charge on any atom is 0.105 e. The predicted octanol–water partition coefficient (Wildman–Crippen LogP) is 3.30. The summed E-state index contributed by atoms with van der Waals surface area (Å²) < 4.78 is 5.29. The van der Waals surface area contributed by atoms with Gasteiger partial charge in [0.05, 0.1) is 19.8 Å². The van der Waals surface area contributed by atoms with Crippen molar-refractivity contribution in [3.8, 4) is 0 Å². The average Bonchev–Trinajstić information content (AvgIpc) is 2.50. The van der Waals surface area contributed by atoms with Gasteiger partial charge in [-0.25, -0.2) is 0 Å². The zero-order valence-corrected chi connectivity index (χ0v) is 15.5. The van der Waals surface area contributed by atoms with E-state index in [2.05, 4.69) is 27.7 Å². The number of hydrogen-bond donors (Lipinski definition) is 3. The molecule has 0 rings (SSSR count). The topological polar surface area (TPSA) is 69.9 Å².